The Kier molecular flexibility index (Phi) is 2.52. The van der Waals surface area contributed by atoms with Crippen molar-refractivity contribution in [2.24, 2.45) is 0 Å². The molecule has 1 aromatic rings. The molecule has 1 aromatic heterocycles. The van der Waals surface area contributed by atoms with Crippen molar-refractivity contribution in [3.05, 3.63) is 18.2 Å². The number of amides is 1. The summed E-state index contributed by atoms with van der Waals surface area (Å²) in [6, 6.07) is 0.178. The topological polar surface area (TPSA) is 49.0 Å². The van der Waals surface area contributed by atoms with Gasteiger partial charge in [-0.3, -0.25) is 4.79 Å². The van der Waals surface area contributed by atoms with Gasteiger partial charge in [-0.15, -0.1) is 0 Å². The van der Waals surface area contributed by atoms with Gasteiger partial charge < -0.3 is 9.88 Å². The number of aromatic amines is 1. The molecule has 1 aliphatic rings. The molecule has 0 aliphatic carbocycles. The average molecular weight is 193 g/mol. The monoisotopic (exact) mass is 193 g/mol. The zero-order valence-corrected chi connectivity index (χ0v) is 8.36. The Morgan fingerprint density at radius 2 is 2.64 bits per heavy atom. The van der Waals surface area contributed by atoms with Crippen molar-refractivity contribution in [1.82, 2.24) is 14.9 Å². The zero-order chi connectivity index (χ0) is 9.97. The third-order valence-corrected chi connectivity index (χ3v) is 2.71. The Labute approximate surface area is 83.3 Å². The Hall–Kier alpha value is -1.32. The molecule has 14 heavy (non-hydrogen) atoms. The molecule has 2 rings (SSSR count). The lowest BCUT2D eigenvalue weighted by molar-refractivity contribution is -0.131. The Bertz CT molecular complexity index is 307. The van der Waals surface area contributed by atoms with E-state index in [9.17, 15) is 4.79 Å². The predicted octanol–water partition coefficient (Wildman–Crippen LogP) is 1.48. The Morgan fingerprint density at radius 3 is 3.29 bits per heavy atom. The van der Waals surface area contributed by atoms with Crippen LogP contribution in [-0.4, -0.2) is 27.3 Å². The summed E-state index contributed by atoms with van der Waals surface area (Å²) in [6.07, 6.45) is 6.23. The van der Waals surface area contributed by atoms with E-state index >= 15 is 0 Å². The summed E-state index contributed by atoms with van der Waals surface area (Å²) in [7, 11) is 0. The van der Waals surface area contributed by atoms with Crippen LogP contribution in [-0.2, 0) is 4.79 Å². The van der Waals surface area contributed by atoms with Gasteiger partial charge in [0.25, 0.3) is 0 Å². The lowest BCUT2D eigenvalue weighted by Gasteiger charge is -2.22. The maximum atomic E-state index is 11.6. The van der Waals surface area contributed by atoms with Crippen molar-refractivity contribution < 1.29 is 4.79 Å². The lowest BCUT2D eigenvalue weighted by Crippen LogP contribution is -2.30. The molecular weight excluding hydrogens is 178 g/mol. The molecular formula is C10H15N3O. The average Bonchev–Trinajstić information content (AvgIpc) is 2.85. The van der Waals surface area contributed by atoms with Gasteiger partial charge in [0.05, 0.1) is 6.04 Å². The molecule has 2 heterocycles. The predicted molar refractivity (Wildman–Crippen MR) is 52.6 cm³/mol. The second-order valence-electron chi connectivity index (χ2n) is 3.57. The van der Waals surface area contributed by atoms with Crippen LogP contribution in [0.5, 0.6) is 0 Å². The maximum Gasteiger partial charge on any atom is 0.222 e. The molecule has 4 nitrogen and oxygen atoms in total. The Balaban J connectivity index is 2.15. The molecule has 1 aliphatic heterocycles. The highest BCUT2D eigenvalue weighted by Gasteiger charge is 2.30. The van der Waals surface area contributed by atoms with Gasteiger partial charge in [0, 0.05) is 25.4 Å². The number of hydrogen-bond acceptors (Lipinski definition) is 2. The van der Waals surface area contributed by atoms with Gasteiger partial charge in [-0.05, 0) is 12.8 Å². The van der Waals surface area contributed by atoms with E-state index in [0.717, 1.165) is 25.2 Å². The minimum Gasteiger partial charge on any atom is -0.347 e. The second kappa shape index (κ2) is 3.82. The van der Waals surface area contributed by atoms with E-state index in [-0.39, 0.29) is 11.9 Å². The summed E-state index contributed by atoms with van der Waals surface area (Å²) in [5, 5.41) is 0. The van der Waals surface area contributed by atoms with Crippen LogP contribution < -0.4 is 0 Å². The molecule has 1 atom stereocenters. The van der Waals surface area contributed by atoms with Gasteiger partial charge in [0.1, 0.15) is 5.82 Å². The fourth-order valence-corrected chi connectivity index (χ4v) is 2.01. The first-order valence-corrected chi connectivity index (χ1v) is 5.11. The summed E-state index contributed by atoms with van der Waals surface area (Å²) in [6.45, 7) is 2.78. The number of likely N-dealkylation sites (tertiary alicyclic amines) is 1. The van der Waals surface area contributed by atoms with Gasteiger partial charge in [-0.25, -0.2) is 4.98 Å². The number of carbonyl (C=O) groups is 1. The molecule has 1 amide bonds. The van der Waals surface area contributed by atoms with Gasteiger partial charge in [0.15, 0.2) is 0 Å². The van der Waals surface area contributed by atoms with Crippen molar-refractivity contribution in [3.8, 4) is 0 Å². The highest BCUT2D eigenvalue weighted by atomic mass is 16.2. The first-order valence-electron chi connectivity index (χ1n) is 5.11. The van der Waals surface area contributed by atoms with Crippen LogP contribution in [0.3, 0.4) is 0 Å². The SMILES string of the molecule is CCC(=O)N1CCC[C@H]1c1ncc[nH]1. The summed E-state index contributed by atoms with van der Waals surface area (Å²) in [5.41, 5.74) is 0. The molecule has 0 radical (unpaired) electrons. The van der Waals surface area contributed by atoms with E-state index in [1.54, 1.807) is 6.20 Å². The number of carbonyl (C=O) groups excluding carboxylic acids is 1. The van der Waals surface area contributed by atoms with Crippen LogP contribution in [0.2, 0.25) is 0 Å². The molecule has 0 bridgehead atoms. The van der Waals surface area contributed by atoms with Crippen molar-refractivity contribution in [2.75, 3.05) is 6.54 Å². The van der Waals surface area contributed by atoms with E-state index in [0.29, 0.717) is 6.42 Å². The van der Waals surface area contributed by atoms with Crippen LogP contribution in [0.1, 0.15) is 38.1 Å². The van der Waals surface area contributed by atoms with E-state index < -0.39 is 0 Å². The summed E-state index contributed by atoms with van der Waals surface area (Å²) in [5.74, 6) is 1.15. The molecule has 1 N–H and O–H groups in total. The van der Waals surface area contributed by atoms with Gasteiger partial charge in [-0.2, -0.15) is 0 Å². The van der Waals surface area contributed by atoms with Crippen molar-refractivity contribution in [3.63, 3.8) is 0 Å². The Morgan fingerprint density at radius 1 is 1.79 bits per heavy atom. The number of nitrogens with one attached hydrogen (secondary N) is 1. The minimum atomic E-state index is 0.178. The second-order valence-corrected chi connectivity index (χ2v) is 3.57. The first kappa shape index (κ1) is 9.24. The summed E-state index contributed by atoms with van der Waals surface area (Å²) < 4.78 is 0. The lowest BCUT2D eigenvalue weighted by atomic mass is 10.2. The van der Waals surface area contributed by atoms with Crippen LogP contribution >= 0.6 is 0 Å². The number of aromatic nitrogens is 2. The number of rotatable bonds is 2. The van der Waals surface area contributed by atoms with Crippen molar-refractivity contribution >= 4 is 5.91 Å². The molecule has 4 heteroatoms. The van der Waals surface area contributed by atoms with Crippen LogP contribution in [0.25, 0.3) is 0 Å². The number of H-pyrrole nitrogens is 1. The van der Waals surface area contributed by atoms with E-state index in [1.165, 1.54) is 0 Å². The first-order chi connectivity index (χ1) is 6.83. The largest absolute Gasteiger partial charge is 0.347 e. The van der Waals surface area contributed by atoms with Gasteiger partial charge in [0.2, 0.25) is 5.91 Å². The van der Waals surface area contributed by atoms with Crippen molar-refractivity contribution in [2.45, 2.75) is 32.2 Å². The molecule has 1 saturated heterocycles. The number of imidazole rings is 1. The minimum absolute atomic E-state index is 0.178. The third kappa shape index (κ3) is 1.52. The molecule has 0 unspecified atom stereocenters. The number of nitrogens with zero attached hydrogens (tertiary/aromatic N) is 2. The molecule has 76 valence electrons. The summed E-state index contributed by atoms with van der Waals surface area (Å²) >= 11 is 0. The van der Waals surface area contributed by atoms with Crippen LogP contribution in [0.4, 0.5) is 0 Å². The highest BCUT2D eigenvalue weighted by Crippen LogP contribution is 2.29. The van der Waals surface area contributed by atoms with E-state index in [4.69, 9.17) is 0 Å². The van der Waals surface area contributed by atoms with Gasteiger partial charge in [-0.1, -0.05) is 6.92 Å². The number of hydrogen-bond donors (Lipinski definition) is 1. The zero-order valence-electron chi connectivity index (χ0n) is 8.36. The molecule has 0 aromatic carbocycles. The molecule has 0 saturated carbocycles. The van der Waals surface area contributed by atoms with Crippen LogP contribution in [0.15, 0.2) is 12.4 Å². The fourth-order valence-electron chi connectivity index (χ4n) is 2.01. The smallest absolute Gasteiger partial charge is 0.222 e. The molecule has 1 fully saturated rings. The highest BCUT2D eigenvalue weighted by molar-refractivity contribution is 5.76. The van der Waals surface area contributed by atoms with E-state index in [2.05, 4.69) is 9.97 Å². The van der Waals surface area contributed by atoms with E-state index in [1.807, 2.05) is 18.0 Å². The van der Waals surface area contributed by atoms with Crippen LogP contribution in [0, 0.1) is 0 Å². The normalized spacial score (nSPS) is 21.5. The third-order valence-electron chi connectivity index (χ3n) is 2.71. The quantitative estimate of drug-likeness (QED) is 0.773. The van der Waals surface area contributed by atoms with Crippen molar-refractivity contribution in [1.29, 1.82) is 0 Å². The molecule has 0 spiro atoms. The van der Waals surface area contributed by atoms with Gasteiger partial charge >= 0.3 is 0 Å². The summed E-state index contributed by atoms with van der Waals surface area (Å²) in [4.78, 5) is 20.8. The maximum absolute atomic E-state index is 11.6. The fraction of sp³-hybridized carbons (Fsp3) is 0.600. The standard InChI is InChI=1S/C10H15N3O/c1-2-9(14)13-7-3-4-8(13)10-11-5-6-12-10/h5-6,8H,2-4,7H2,1H3,(H,11,12)/t8-/m0/s1.